The maximum absolute atomic E-state index is 11.2. The summed E-state index contributed by atoms with van der Waals surface area (Å²) >= 11 is 1.09. The second-order valence-electron chi connectivity index (χ2n) is 3.67. The number of nitriles is 1. The van der Waals surface area contributed by atoms with Crippen molar-refractivity contribution in [2.24, 2.45) is 0 Å². The minimum absolute atomic E-state index is 0.249. The number of hydrogen-bond acceptors (Lipinski definition) is 8. The lowest BCUT2D eigenvalue weighted by molar-refractivity contribution is -0.136. The quantitative estimate of drug-likeness (QED) is 0.618. The van der Waals surface area contributed by atoms with Crippen LogP contribution in [0.25, 0.3) is 0 Å². The Morgan fingerprint density at radius 2 is 1.90 bits per heavy atom. The van der Waals surface area contributed by atoms with Gasteiger partial charge in [-0.15, -0.1) is 0 Å². The zero-order chi connectivity index (χ0) is 15.5. The number of carbonyl (C=O) groups is 2. The summed E-state index contributed by atoms with van der Waals surface area (Å²) in [5, 5.41) is 8.08. The highest BCUT2D eigenvalue weighted by Crippen LogP contribution is 2.13. The molecule has 20 heavy (non-hydrogen) atoms. The largest absolute Gasteiger partial charge is 0.461 e. The van der Waals surface area contributed by atoms with Crippen molar-refractivity contribution in [1.29, 1.82) is 5.26 Å². The summed E-state index contributed by atoms with van der Waals surface area (Å²) in [5.74, 6) is -0.248. The van der Waals surface area contributed by atoms with Crippen LogP contribution in [0.4, 0.5) is 0 Å². The van der Waals surface area contributed by atoms with Gasteiger partial charge in [0.15, 0.2) is 6.07 Å². The van der Waals surface area contributed by atoms with Crippen LogP contribution in [0.3, 0.4) is 0 Å². The van der Waals surface area contributed by atoms with E-state index in [0.29, 0.717) is 17.4 Å². The third-order valence-corrected chi connectivity index (χ3v) is 2.48. The van der Waals surface area contributed by atoms with E-state index >= 15 is 0 Å². The molecule has 0 spiro atoms. The smallest absolute Gasteiger partial charge is 0.411 e. The molecule has 0 amide bonds. The second-order valence-corrected chi connectivity index (χ2v) is 4.42. The summed E-state index contributed by atoms with van der Waals surface area (Å²) in [6, 6.07) is 1.30. The maximum atomic E-state index is 11.2. The molecule has 0 aliphatic rings. The van der Waals surface area contributed by atoms with Crippen LogP contribution in [0.1, 0.15) is 49.2 Å². The Kier molecular flexibility index (Phi) is 8.87. The van der Waals surface area contributed by atoms with Gasteiger partial charge in [-0.1, -0.05) is 13.8 Å². The monoisotopic (exact) mass is 299 g/mol. The molecule has 0 aliphatic carbocycles. The van der Waals surface area contributed by atoms with Gasteiger partial charge in [0.1, 0.15) is 5.82 Å². The minimum Gasteiger partial charge on any atom is -0.461 e. The Labute approximate surface area is 121 Å². The van der Waals surface area contributed by atoms with Gasteiger partial charge in [0.25, 0.3) is 0 Å². The number of aromatic nitrogens is 2. The van der Waals surface area contributed by atoms with E-state index in [4.69, 9.17) is 10.00 Å². The van der Waals surface area contributed by atoms with Crippen molar-refractivity contribution in [1.82, 2.24) is 9.36 Å². The van der Waals surface area contributed by atoms with Gasteiger partial charge >= 0.3 is 11.9 Å². The Hall–Kier alpha value is -2.01. The van der Waals surface area contributed by atoms with E-state index in [0.717, 1.165) is 11.5 Å². The van der Waals surface area contributed by atoms with Crippen LogP contribution in [-0.2, 0) is 14.3 Å². The molecule has 0 saturated heterocycles. The Bertz CT molecular complexity index is 479. The Morgan fingerprint density at radius 3 is 2.25 bits per heavy atom. The molecular formula is C12H17N3O4S. The first kappa shape index (κ1) is 18.0. The van der Waals surface area contributed by atoms with Gasteiger partial charge in [0.2, 0.25) is 5.01 Å². The van der Waals surface area contributed by atoms with Crippen molar-refractivity contribution in [2.75, 3.05) is 13.2 Å². The highest BCUT2D eigenvalue weighted by atomic mass is 32.1. The molecule has 0 bridgehead atoms. The molecule has 110 valence electrons. The number of carbonyl (C=O) groups excluding carboxylic acids is 2. The molecule has 0 atom stereocenters. The first-order valence-electron chi connectivity index (χ1n) is 6.03. The molecule has 0 N–H and O–H groups in total. The number of rotatable bonds is 4. The second kappa shape index (κ2) is 9.86. The van der Waals surface area contributed by atoms with E-state index < -0.39 is 5.97 Å². The Morgan fingerprint density at radius 1 is 1.30 bits per heavy atom. The van der Waals surface area contributed by atoms with Crippen LogP contribution in [0.15, 0.2) is 0 Å². The van der Waals surface area contributed by atoms with E-state index in [1.54, 1.807) is 13.8 Å². The lowest BCUT2D eigenvalue weighted by Crippen LogP contribution is -2.04. The molecule has 0 aromatic carbocycles. The average Bonchev–Trinajstić information content (AvgIpc) is 2.90. The molecule has 1 aromatic rings. The predicted octanol–water partition coefficient (Wildman–Crippen LogP) is 1.91. The van der Waals surface area contributed by atoms with Gasteiger partial charge in [-0.05, 0) is 25.4 Å². The summed E-state index contributed by atoms with van der Waals surface area (Å²) in [5.41, 5.74) is 0. The van der Waals surface area contributed by atoms with Gasteiger partial charge in [-0.3, -0.25) is 0 Å². The van der Waals surface area contributed by atoms with Gasteiger partial charge in [-0.2, -0.15) is 9.64 Å². The standard InChI is InChI=1S/C8H12N2O2S.C4H5NO2/c1-4-12-8(11)7-9-6(5(2)3)10-13-7;1-2-7-4(6)3-5/h5H,4H2,1-3H3;2H2,1H3. The Balaban J connectivity index is 0.000000441. The molecule has 0 fully saturated rings. The highest BCUT2D eigenvalue weighted by molar-refractivity contribution is 7.07. The van der Waals surface area contributed by atoms with Crippen LogP contribution in [0.2, 0.25) is 0 Å². The van der Waals surface area contributed by atoms with Crippen molar-refractivity contribution < 1.29 is 19.1 Å². The van der Waals surface area contributed by atoms with Crippen molar-refractivity contribution in [2.45, 2.75) is 33.6 Å². The summed E-state index contributed by atoms with van der Waals surface area (Å²) in [6.07, 6.45) is 0. The fourth-order valence-corrected chi connectivity index (χ4v) is 1.61. The van der Waals surface area contributed by atoms with Crippen LogP contribution in [0.5, 0.6) is 0 Å². The summed E-state index contributed by atoms with van der Waals surface area (Å²) in [6.45, 7) is 8.02. The zero-order valence-electron chi connectivity index (χ0n) is 11.9. The van der Waals surface area contributed by atoms with Crippen LogP contribution in [-0.4, -0.2) is 34.5 Å². The van der Waals surface area contributed by atoms with Gasteiger partial charge in [0, 0.05) is 5.92 Å². The molecule has 1 rings (SSSR count). The highest BCUT2D eigenvalue weighted by Gasteiger charge is 2.14. The normalized spacial score (nSPS) is 9.20. The first-order valence-corrected chi connectivity index (χ1v) is 6.81. The van der Waals surface area contributed by atoms with Gasteiger partial charge in [0.05, 0.1) is 13.2 Å². The number of esters is 2. The summed E-state index contributed by atoms with van der Waals surface area (Å²) < 4.78 is 13.0. The van der Waals surface area contributed by atoms with Crippen LogP contribution >= 0.6 is 11.5 Å². The molecule has 0 saturated carbocycles. The van der Waals surface area contributed by atoms with E-state index in [9.17, 15) is 9.59 Å². The van der Waals surface area contributed by atoms with Crippen molar-refractivity contribution in [3.63, 3.8) is 0 Å². The molecule has 0 radical (unpaired) electrons. The van der Waals surface area contributed by atoms with Gasteiger partial charge < -0.3 is 9.47 Å². The van der Waals surface area contributed by atoms with E-state index in [2.05, 4.69) is 14.1 Å². The van der Waals surface area contributed by atoms with E-state index in [-0.39, 0.29) is 18.5 Å². The maximum Gasteiger partial charge on any atom is 0.411 e. The molecule has 7 nitrogen and oxygen atoms in total. The van der Waals surface area contributed by atoms with Crippen molar-refractivity contribution >= 4 is 23.5 Å². The fraction of sp³-hybridized carbons (Fsp3) is 0.583. The predicted molar refractivity (Wildman–Crippen MR) is 72.2 cm³/mol. The molecular weight excluding hydrogens is 282 g/mol. The van der Waals surface area contributed by atoms with E-state index in [1.165, 1.54) is 6.07 Å². The van der Waals surface area contributed by atoms with Gasteiger partial charge in [-0.25, -0.2) is 14.6 Å². The third-order valence-electron chi connectivity index (χ3n) is 1.77. The third kappa shape index (κ3) is 6.80. The zero-order valence-corrected chi connectivity index (χ0v) is 12.7. The molecule has 8 heteroatoms. The summed E-state index contributed by atoms with van der Waals surface area (Å²) in [7, 11) is 0. The number of ether oxygens (including phenoxy) is 2. The van der Waals surface area contributed by atoms with Crippen molar-refractivity contribution in [3.8, 4) is 6.07 Å². The molecule has 0 aliphatic heterocycles. The average molecular weight is 299 g/mol. The van der Waals surface area contributed by atoms with Crippen LogP contribution < -0.4 is 0 Å². The van der Waals surface area contributed by atoms with Crippen molar-refractivity contribution in [3.05, 3.63) is 10.8 Å². The topological polar surface area (TPSA) is 102 Å². The van der Waals surface area contributed by atoms with E-state index in [1.807, 2.05) is 13.8 Å². The fourth-order valence-electron chi connectivity index (χ4n) is 0.908. The summed E-state index contributed by atoms with van der Waals surface area (Å²) in [4.78, 5) is 25.1. The molecule has 1 heterocycles. The van der Waals surface area contributed by atoms with Crippen LogP contribution in [0, 0.1) is 11.3 Å². The lowest BCUT2D eigenvalue weighted by atomic mass is 10.2. The SMILES string of the molecule is CCOC(=O)C#N.CCOC(=O)c1nc(C(C)C)ns1. The molecule has 0 unspecified atom stereocenters. The first-order chi connectivity index (χ1) is 9.46. The molecule has 1 aromatic heterocycles. The minimum atomic E-state index is -0.817. The lowest BCUT2D eigenvalue weighted by Gasteiger charge is -1.96. The number of nitrogens with zero attached hydrogens (tertiary/aromatic N) is 3. The number of hydrogen-bond donors (Lipinski definition) is 0.